The van der Waals surface area contributed by atoms with Crippen LogP contribution < -0.4 is 37.9 Å². The van der Waals surface area contributed by atoms with Gasteiger partial charge < -0.3 is 56.3 Å². The molecule has 4 aromatic carbocycles. The van der Waals surface area contributed by atoms with E-state index in [0.717, 1.165) is 89.1 Å². The van der Waals surface area contributed by atoms with Crippen LogP contribution in [-0.2, 0) is 38.3 Å². The fourth-order valence-electron chi connectivity index (χ4n) is 9.92. The smallest absolute Gasteiger partial charge is 0.331 e. The number of methoxy groups -OCH3 is 8. The van der Waals surface area contributed by atoms with Crippen molar-refractivity contribution in [3.8, 4) is 46.0 Å². The van der Waals surface area contributed by atoms with E-state index in [1.165, 1.54) is 11.1 Å². The predicted octanol–water partition coefficient (Wildman–Crippen LogP) is 7.57. The number of quaternary nitrogens is 2. The molecule has 0 radical (unpaired) electrons. The maximum Gasteiger partial charge on any atom is 0.331 e. The highest BCUT2D eigenvalue weighted by Crippen LogP contribution is 2.48. The topological polar surface area (TPSA) is 126 Å². The molecule has 14 heteroatoms. The molecule has 2 heterocycles. The summed E-state index contributed by atoms with van der Waals surface area (Å²) in [5.41, 5.74) is 8.06. The van der Waals surface area contributed by atoms with Crippen molar-refractivity contribution >= 4 is 11.9 Å². The molecule has 0 bridgehead atoms. The van der Waals surface area contributed by atoms with E-state index in [-0.39, 0.29) is 25.3 Å². The Balaban J connectivity index is 1.06. The van der Waals surface area contributed by atoms with E-state index in [1.54, 1.807) is 56.9 Å². The van der Waals surface area contributed by atoms with E-state index in [1.807, 2.05) is 36.4 Å². The Morgan fingerprint density at radius 1 is 0.561 bits per heavy atom. The molecule has 0 spiro atoms. The van der Waals surface area contributed by atoms with E-state index in [4.69, 9.17) is 47.4 Å². The number of hydrogen-bond acceptors (Lipinski definition) is 12. The third-order valence-corrected chi connectivity index (χ3v) is 13.5. The van der Waals surface area contributed by atoms with Gasteiger partial charge in [0, 0.05) is 60.9 Å². The molecule has 4 aromatic rings. The number of carbonyl (C=O) groups excluding carboxylic acids is 2. The van der Waals surface area contributed by atoms with E-state index in [0.29, 0.717) is 64.1 Å². The number of rotatable bonds is 21. The van der Waals surface area contributed by atoms with Crippen LogP contribution in [0.15, 0.2) is 66.7 Å². The summed E-state index contributed by atoms with van der Waals surface area (Å²) in [5.74, 6) is 3.98. The van der Waals surface area contributed by atoms with Gasteiger partial charge in [0.25, 0.3) is 0 Å². The number of hydrogen-bond donors (Lipinski definition) is 0. The maximum absolute atomic E-state index is 12.9. The lowest BCUT2D eigenvalue weighted by molar-refractivity contribution is -0.941. The summed E-state index contributed by atoms with van der Waals surface area (Å²) in [6.07, 6.45) is 5.99. The van der Waals surface area contributed by atoms with Gasteiger partial charge in [0.1, 0.15) is 17.8 Å². The first-order chi connectivity index (χ1) is 31.8. The van der Waals surface area contributed by atoms with Gasteiger partial charge in [0.05, 0.1) is 110 Å². The van der Waals surface area contributed by atoms with Crippen LogP contribution in [0.5, 0.6) is 46.0 Å². The van der Waals surface area contributed by atoms with Gasteiger partial charge >= 0.3 is 11.9 Å². The second kappa shape index (κ2) is 21.9. The molecule has 0 amide bonds. The second-order valence-electron chi connectivity index (χ2n) is 17.4. The van der Waals surface area contributed by atoms with E-state index in [2.05, 4.69) is 39.2 Å². The first-order valence-electron chi connectivity index (χ1n) is 22.4. The van der Waals surface area contributed by atoms with Crippen molar-refractivity contribution in [3.05, 3.63) is 106 Å². The van der Waals surface area contributed by atoms with E-state index >= 15 is 0 Å². The molecule has 0 aromatic heterocycles. The van der Waals surface area contributed by atoms with Crippen molar-refractivity contribution in [1.29, 1.82) is 0 Å². The van der Waals surface area contributed by atoms with Crippen molar-refractivity contribution in [2.75, 3.05) is 110 Å². The molecule has 6 rings (SSSR count). The highest BCUT2D eigenvalue weighted by molar-refractivity contribution is 5.91. The Bertz CT molecular complexity index is 2360. The van der Waals surface area contributed by atoms with Crippen LogP contribution in [0.2, 0.25) is 0 Å². The third kappa shape index (κ3) is 10.8. The minimum absolute atomic E-state index is 0.120. The predicted molar refractivity (Wildman–Crippen MR) is 251 cm³/mol. The van der Waals surface area contributed by atoms with Crippen LogP contribution in [0.25, 0.3) is 0 Å². The molecular weight excluding hydrogens is 845 g/mol. The Morgan fingerprint density at radius 3 is 1.62 bits per heavy atom. The van der Waals surface area contributed by atoms with Crippen molar-refractivity contribution in [3.63, 3.8) is 0 Å². The number of carbonyl (C=O) groups is 2. The van der Waals surface area contributed by atoms with Crippen molar-refractivity contribution < 1.29 is 65.9 Å². The second-order valence-corrected chi connectivity index (χ2v) is 17.4. The SMILES string of the molecule is COc1cc2c(cc1C)CC[N+](C)(CCCOC(=O)/C=C/C(=O)OCCC[N+]1(C)CCc3cc(OC)c(OC)cc3C1c1cc(OC)c(OC)c(OC)c1)C2Cc1ccc(OC)c(OC)c1. The highest BCUT2D eigenvalue weighted by atomic mass is 16.5. The summed E-state index contributed by atoms with van der Waals surface area (Å²) in [4.78, 5) is 25.7. The molecule has 0 fully saturated rings. The molecule has 66 heavy (non-hydrogen) atoms. The molecule has 0 N–H and O–H groups in total. The van der Waals surface area contributed by atoms with E-state index < -0.39 is 11.9 Å². The zero-order chi connectivity index (χ0) is 47.6. The van der Waals surface area contributed by atoms with Gasteiger partial charge in [-0.05, 0) is 71.6 Å². The normalized spacial score (nSPS) is 19.8. The lowest BCUT2D eigenvalue weighted by Crippen LogP contribution is -2.52. The van der Waals surface area contributed by atoms with Gasteiger partial charge in [-0.15, -0.1) is 0 Å². The largest absolute Gasteiger partial charge is 0.496 e. The minimum atomic E-state index is -0.606. The zero-order valence-electron chi connectivity index (χ0n) is 40.6. The van der Waals surface area contributed by atoms with Gasteiger partial charge in [-0.3, -0.25) is 0 Å². The highest BCUT2D eigenvalue weighted by Gasteiger charge is 2.42. The average Bonchev–Trinajstić information content (AvgIpc) is 3.33. The van der Waals surface area contributed by atoms with Gasteiger partial charge in [-0.2, -0.15) is 0 Å². The van der Waals surface area contributed by atoms with Crippen LogP contribution in [0.4, 0.5) is 0 Å². The fourth-order valence-corrected chi connectivity index (χ4v) is 9.92. The number of nitrogens with zero attached hydrogens (tertiary/aromatic N) is 2. The van der Waals surface area contributed by atoms with Crippen molar-refractivity contribution in [2.24, 2.45) is 0 Å². The third-order valence-electron chi connectivity index (χ3n) is 13.5. The van der Waals surface area contributed by atoms with E-state index in [9.17, 15) is 9.59 Å². The lowest BCUT2D eigenvalue weighted by Gasteiger charge is -2.46. The van der Waals surface area contributed by atoms with Crippen LogP contribution in [0.1, 0.15) is 63.9 Å². The van der Waals surface area contributed by atoms with Crippen LogP contribution in [0.3, 0.4) is 0 Å². The van der Waals surface area contributed by atoms with Crippen molar-refractivity contribution in [1.82, 2.24) is 0 Å². The summed E-state index contributed by atoms with van der Waals surface area (Å²) in [7, 11) is 17.5. The Kier molecular flexibility index (Phi) is 16.4. The molecule has 356 valence electrons. The summed E-state index contributed by atoms with van der Waals surface area (Å²) in [5, 5.41) is 0. The molecule has 0 saturated heterocycles. The molecule has 2 aliphatic rings. The quantitative estimate of drug-likeness (QED) is 0.0355. The molecular formula is C52H68N2O12+2. The number of fused-ring (bicyclic) bond motifs is 2. The number of benzene rings is 4. The molecule has 0 aliphatic carbocycles. The number of esters is 2. The lowest BCUT2D eigenvalue weighted by atomic mass is 9.85. The number of ether oxygens (including phenoxy) is 10. The number of aryl methyl sites for hydroxylation is 1. The molecule has 0 saturated carbocycles. The van der Waals surface area contributed by atoms with Gasteiger partial charge in [-0.1, -0.05) is 12.1 Å². The summed E-state index contributed by atoms with van der Waals surface area (Å²) in [6, 6.07) is 18.6. The first kappa shape index (κ1) is 49.3. The van der Waals surface area contributed by atoms with Crippen LogP contribution in [-0.4, -0.2) is 131 Å². The van der Waals surface area contributed by atoms with Gasteiger partial charge in [0.2, 0.25) is 5.75 Å². The van der Waals surface area contributed by atoms with Crippen molar-refractivity contribution in [2.45, 2.75) is 51.1 Å². The molecule has 2 aliphatic heterocycles. The van der Waals surface area contributed by atoms with Crippen LogP contribution >= 0.6 is 0 Å². The minimum Gasteiger partial charge on any atom is -0.496 e. The van der Waals surface area contributed by atoms with Crippen LogP contribution in [0, 0.1) is 6.92 Å². The number of likely N-dealkylation sites (N-methyl/N-ethyl adjacent to an activating group) is 2. The van der Waals surface area contributed by atoms with Gasteiger partial charge in [-0.25, -0.2) is 9.59 Å². The molecule has 4 unspecified atom stereocenters. The average molecular weight is 913 g/mol. The summed E-state index contributed by atoms with van der Waals surface area (Å²) >= 11 is 0. The first-order valence-corrected chi connectivity index (χ1v) is 22.4. The van der Waals surface area contributed by atoms with Gasteiger partial charge in [0.15, 0.2) is 34.5 Å². The summed E-state index contributed by atoms with van der Waals surface area (Å²) in [6.45, 7) is 5.65. The molecule has 4 atom stereocenters. The summed E-state index contributed by atoms with van der Waals surface area (Å²) < 4.78 is 58.0. The Labute approximate surface area is 390 Å². The Morgan fingerprint density at radius 2 is 1.06 bits per heavy atom. The molecule has 14 nitrogen and oxygen atoms in total. The standard InChI is InChI=1S/C52H68N2O12/c1-34-26-36-18-22-53(2,41(39(36)32-43(34)58-5)27-35-14-15-42(57-4)44(28-35)59-6)20-12-24-65-49(55)16-17-50(56)66-25-13-21-54(3)23-19-37-29-45(60-7)46(61-8)33-40(37)51(54)38-30-47(62-9)52(64-11)48(31-38)63-10/h14-17,26,28-33,41,51H,12-13,18-25,27H2,1-11H3/q+2/b17-16+. The Hall–Kier alpha value is -6.12. The monoisotopic (exact) mass is 912 g/mol. The zero-order valence-corrected chi connectivity index (χ0v) is 40.6. The maximum atomic E-state index is 12.9. The fraction of sp³-hybridized carbons (Fsp3) is 0.462.